The molecule has 0 aliphatic carbocycles. The molecule has 0 unspecified atom stereocenters. The van der Waals surface area contributed by atoms with E-state index in [1.54, 1.807) is 44.2 Å². The molecule has 1 aliphatic rings. The molecule has 5 nitrogen and oxygen atoms in total. The summed E-state index contributed by atoms with van der Waals surface area (Å²) in [5, 5.41) is 0. The van der Waals surface area contributed by atoms with Crippen molar-refractivity contribution < 1.29 is 17.9 Å². The lowest BCUT2D eigenvalue weighted by atomic mass is 10.2. The fraction of sp³-hybridized carbons (Fsp3) is 0.400. The molecule has 1 aromatic rings. The largest absolute Gasteiger partial charge is 0.465 e. The molecule has 0 radical (unpaired) electrons. The van der Waals surface area contributed by atoms with E-state index in [-0.39, 0.29) is 18.0 Å². The SMILES string of the molecule is CCOC(=O)[C@H]1C(C)=CCN1S(=O)(=O)c1ccc(C)cc1. The van der Waals surface area contributed by atoms with Crippen molar-refractivity contribution >= 4 is 16.0 Å². The van der Waals surface area contributed by atoms with Gasteiger partial charge in [-0.05, 0) is 38.5 Å². The van der Waals surface area contributed by atoms with Gasteiger partial charge >= 0.3 is 5.97 Å². The third-order valence-corrected chi connectivity index (χ3v) is 5.30. The predicted octanol–water partition coefficient (Wildman–Crippen LogP) is 1.88. The van der Waals surface area contributed by atoms with Gasteiger partial charge in [0.2, 0.25) is 10.0 Å². The predicted molar refractivity (Wildman–Crippen MR) is 79.2 cm³/mol. The van der Waals surface area contributed by atoms with Crippen LogP contribution >= 0.6 is 0 Å². The van der Waals surface area contributed by atoms with Crippen LogP contribution in [0.1, 0.15) is 19.4 Å². The van der Waals surface area contributed by atoms with Crippen LogP contribution in [-0.4, -0.2) is 37.9 Å². The van der Waals surface area contributed by atoms with Crippen LogP contribution < -0.4 is 0 Å². The van der Waals surface area contributed by atoms with E-state index < -0.39 is 22.0 Å². The fourth-order valence-corrected chi connectivity index (χ4v) is 3.84. The molecule has 0 fully saturated rings. The second kappa shape index (κ2) is 5.99. The number of nitrogens with zero attached hydrogens (tertiary/aromatic N) is 1. The minimum absolute atomic E-state index is 0.186. The number of benzene rings is 1. The first kappa shape index (κ1) is 15.7. The molecule has 0 spiro atoms. The zero-order valence-corrected chi connectivity index (χ0v) is 13.2. The standard InChI is InChI=1S/C15H19NO4S/c1-4-20-15(17)14-12(3)9-10-16(14)21(18,19)13-7-5-11(2)6-8-13/h5-9,14H,4,10H2,1-3H3/t14-/m1/s1. The third kappa shape index (κ3) is 3.01. The summed E-state index contributed by atoms with van der Waals surface area (Å²) in [7, 11) is -3.72. The van der Waals surface area contributed by atoms with Crippen LogP contribution in [0.3, 0.4) is 0 Å². The normalized spacial score (nSPS) is 19.4. The van der Waals surface area contributed by atoms with Crippen LogP contribution in [0.15, 0.2) is 40.8 Å². The number of aryl methyl sites for hydroxylation is 1. The molecule has 0 bridgehead atoms. The molecule has 1 atom stereocenters. The summed E-state index contributed by atoms with van der Waals surface area (Å²) in [6.45, 7) is 5.74. The monoisotopic (exact) mass is 309 g/mol. The summed E-state index contributed by atoms with van der Waals surface area (Å²) >= 11 is 0. The third-order valence-electron chi connectivity index (χ3n) is 3.45. The van der Waals surface area contributed by atoms with E-state index in [4.69, 9.17) is 4.74 Å². The summed E-state index contributed by atoms with van der Waals surface area (Å²) < 4.78 is 31.6. The van der Waals surface area contributed by atoms with Gasteiger partial charge in [-0.25, -0.2) is 13.2 Å². The molecule has 1 aromatic carbocycles. The fourth-order valence-electron chi connectivity index (χ4n) is 2.29. The van der Waals surface area contributed by atoms with Crippen LogP contribution in [0, 0.1) is 6.92 Å². The van der Waals surface area contributed by atoms with Gasteiger partial charge in [-0.3, -0.25) is 0 Å². The van der Waals surface area contributed by atoms with Gasteiger partial charge in [-0.15, -0.1) is 0 Å². The molecular weight excluding hydrogens is 290 g/mol. The Morgan fingerprint density at radius 1 is 1.29 bits per heavy atom. The molecule has 6 heteroatoms. The zero-order valence-electron chi connectivity index (χ0n) is 12.4. The van der Waals surface area contributed by atoms with Gasteiger partial charge in [0.05, 0.1) is 11.5 Å². The molecule has 0 saturated carbocycles. The van der Waals surface area contributed by atoms with Crippen molar-refractivity contribution in [1.82, 2.24) is 4.31 Å². The Morgan fingerprint density at radius 3 is 2.48 bits per heavy atom. The van der Waals surface area contributed by atoms with Crippen molar-refractivity contribution in [2.24, 2.45) is 0 Å². The van der Waals surface area contributed by atoms with Crippen LogP contribution in [0.4, 0.5) is 0 Å². The van der Waals surface area contributed by atoms with Gasteiger partial charge in [0.25, 0.3) is 0 Å². The van der Waals surface area contributed by atoms with Crippen molar-refractivity contribution in [1.29, 1.82) is 0 Å². The van der Waals surface area contributed by atoms with Crippen LogP contribution in [0.2, 0.25) is 0 Å². The summed E-state index contributed by atoms with van der Waals surface area (Å²) in [5.41, 5.74) is 1.68. The van der Waals surface area contributed by atoms with Gasteiger partial charge in [0.1, 0.15) is 6.04 Å². The van der Waals surface area contributed by atoms with E-state index in [9.17, 15) is 13.2 Å². The van der Waals surface area contributed by atoms with E-state index in [1.807, 2.05) is 6.92 Å². The summed E-state index contributed by atoms with van der Waals surface area (Å²) in [6.07, 6.45) is 1.74. The average molecular weight is 309 g/mol. The zero-order chi connectivity index (χ0) is 15.6. The molecule has 0 amide bonds. The smallest absolute Gasteiger partial charge is 0.328 e. The summed E-state index contributed by atoms with van der Waals surface area (Å²) in [5.74, 6) is -0.528. The lowest BCUT2D eigenvalue weighted by Crippen LogP contribution is -2.43. The number of sulfonamides is 1. The number of carbonyl (C=O) groups is 1. The average Bonchev–Trinajstić information content (AvgIpc) is 2.82. The first-order chi connectivity index (χ1) is 9.87. The van der Waals surface area contributed by atoms with Crippen molar-refractivity contribution in [3.8, 4) is 0 Å². The first-order valence-electron chi connectivity index (χ1n) is 6.79. The Kier molecular flexibility index (Phi) is 4.49. The molecule has 0 N–H and O–H groups in total. The molecule has 1 heterocycles. The highest BCUT2D eigenvalue weighted by Crippen LogP contribution is 2.27. The minimum Gasteiger partial charge on any atom is -0.465 e. The quantitative estimate of drug-likeness (QED) is 0.629. The van der Waals surface area contributed by atoms with Crippen molar-refractivity contribution in [3.05, 3.63) is 41.5 Å². The van der Waals surface area contributed by atoms with E-state index in [0.717, 1.165) is 5.56 Å². The number of rotatable bonds is 4. The molecule has 0 saturated heterocycles. The first-order valence-corrected chi connectivity index (χ1v) is 8.23. The highest BCUT2D eigenvalue weighted by molar-refractivity contribution is 7.89. The highest BCUT2D eigenvalue weighted by Gasteiger charge is 2.40. The number of esters is 1. The minimum atomic E-state index is -3.72. The van der Waals surface area contributed by atoms with E-state index in [2.05, 4.69) is 0 Å². The summed E-state index contributed by atoms with van der Waals surface area (Å²) in [4.78, 5) is 12.2. The lowest BCUT2D eigenvalue weighted by molar-refractivity contribution is -0.145. The van der Waals surface area contributed by atoms with E-state index >= 15 is 0 Å². The maximum Gasteiger partial charge on any atom is 0.328 e. The van der Waals surface area contributed by atoms with Gasteiger partial charge in [0.15, 0.2) is 0 Å². The Hall–Kier alpha value is -1.66. The second-order valence-corrected chi connectivity index (χ2v) is 6.88. The molecule has 1 aliphatic heterocycles. The van der Waals surface area contributed by atoms with E-state index in [1.165, 1.54) is 4.31 Å². The second-order valence-electron chi connectivity index (χ2n) is 4.99. The van der Waals surface area contributed by atoms with Crippen LogP contribution in [0.25, 0.3) is 0 Å². The van der Waals surface area contributed by atoms with Crippen molar-refractivity contribution in [3.63, 3.8) is 0 Å². The van der Waals surface area contributed by atoms with Gasteiger partial charge in [-0.2, -0.15) is 4.31 Å². The van der Waals surface area contributed by atoms with Crippen molar-refractivity contribution in [2.45, 2.75) is 31.7 Å². The molecular formula is C15H19NO4S. The number of hydrogen-bond acceptors (Lipinski definition) is 4. The summed E-state index contributed by atoms with van der Waals surface area (Å²) in [6, 6.07) is 5.72. The topological polar surface area (TPSA) is 63.7 Å². The lowest BCUT2D eigenvalue weighted by Gasteiger charge is -2.24. The Morgan fingerprint density at radius 2 is 1.90 bits per heavy atom. The Balaban J connectivity index is 2.35. The van der Waals surface area contributed by atoms with Crippen molar-refractivity contribution in [2.75, 3.05) is 13.2 Å². The number of carbonyl (C=O) groups excluding carboxylic acids is 1. The Labute approximate surface area is 125 Å². The molecule has 0 aromatic heterocycles. The van der Waals surface area contributed by atoms with Gasteiger partial charge in [-0.1, -0.05) is 23.8 Å². The maximum absolute atomic E-state index is 12.7. The molecule has 21 heavy (non-hydrogen) atoms. The molecule has 2 rings (SSSR count). The highest BCUT2D eigenvalue weighted by atomic mass is 32.2. The maximum atomic E-state index is 12.7. The van der Waals surface area contributed by atoms with Crippen LogP contribution in [0.5, 0.6) is 0 Å². The number of hydrogen-bond donors (Lipinski definition) is 0. The Bertz CT molecular complexity index is 661. The number of ether oxygens (including phenoxy) is 1. The van der Waals surface area contributed by atoms with Gasteiger partial charge < -0.3 is 4.74 Å². The van der Waals surface area contributed by atoms with Gasteiger partial charge in [0, 0.05) is 6.54 Å². The van der Waals surface area contributed by atoms with E-state index in [0.29, 0.717) is 5.57 Å². The van der Waals surface area contributed by atoms with Crippen LogP contribution in [-0.2, 0) is 19.6 Å². The molecule has 114 valence electrons.